The van der Waals surface area contributed by atoms with Gasteiger partial charge in [0.05, 0.1) is 24.3 Å². The Labute approximate surface area is 237 Å². The van der Waals surface area contributed by atoms with Crippen LogP contribution in [0.2, 0.25) is 0 Å². The number of rotatable bonds is 8. The van der Waals surface area contributed by atoms with Crippen molar-refractivity contribution >= 4 is 22.9 Å². The maximum atomic E-state index is 14.2. The van der Waals surface area contributed by atoms with Gasteiger partial charge in [-0.3, -0.25) is 9.48 Å². The SMILES string of the molecule is CC(C)(CN=[N+]=[N-])OC(=O)n1cc2c(n1)CCC(N(C(=O)c1nn(Cc3ccccc3)c3ccccc13)C1CC1)C2. The van der Waals surface area contributed by atoms with Crippen molar-refractivity contribution in [3.63, 3.8) is 0 Å². The highest BCUT2D eigenvalue weighted by molar-refractivity contribution is 6.05. The molecule has 2 aliphatic carbocycles. The molecule has 0 bridgehead atoms. The number of nitrogens with zero attached hydrogens (tertiary/aromatic N) is 8. The number of benzene rings is 2. The molecule has 0 radical (unpaired) electrons. The fraction of sp³-hybridized carbons (Fsp3) is 0.400. The Bertz CT molecular complexity index is 1650. The van der Waals surface area contributed by atoms with E-state index < -0.39 is 11.7 Å². The summed E-state index contributed by atoms with van der Waals surface area (Å²) in [6.45, 7) is 3.97. The third-order valence-corrected chi connectivity index (χ3v) is 7.72. The summed E-state index contributed by atoms with van der Waals surface area (Å²) in [6.07, 6.45) is 5.05. The van der Waals surface area contributed by atoms with Gasteiger partial charge in [-0.25, -0.2) is 4.79 Å². The lowest BCUT2D eigenvalue weighted by Crippen LogP contribution is -2.45. The predicted molar refractivity (Wildman–Crippen MR) is 152 cm³/mol. The van der Waals surface area contributed by atoms with Crippen molar-refractivity contribution in [2.45, 2.75) is 70.2 Å². The number of aryl methyl sites for hydroxylation is 1. The molecule has 0 saturated heterocycles. The van der Waals surface area contributed by atoms with Crippen molar-refractivity contribution in [1.82, 2.24) is 24.5 Å². The second kappa shape index (κ2) is 10.7. The summed E-state index contributed by atoms with van der Waals surface area (Å²) in [5.41, 5.74) is 11.9. The van der Waals surface area contributed by atoms with Gasteiger partial charge in [0.1, 0.15) is 5.60 Å². The monoisotopic (exact) mass is 552 g/mol. The zero-order chi connectivity index (χ0) is 28.6. The highest BCUT2D eigenvalue weighted by Gasteiger charge is 2.41. The lowest BCUT2D eigenvalue weighted by atomic mass is 9.92. The van der Waals surface area contributed by atoms with Gasteiger partial charge in [-0.05, 0) is 68.7 Å². The fourth-order valence-corrected chi connectivity index (χ4v) is 5.60. The number of amides is 1. The smallest absolute Gasteiger partial charge is 0.435 e. The van der Waals surface area contributed by atoms with Crippen molar-refractivity contribution < 1.29 is 14.3 Å². The first-order chi connectivity index (χ1) is 19.8. The number of hydrogen-bond donors (Lipinski definition) is 0. The third kappa shape index (κ3) is 5.53. The van der Waals surface area contributed by atoms with Gasteiger partial charge >= 0.3 is 6.09 Å². The Morgan fingerprint density at radius 3 is 2.59 bits per heavy atom. The molecule has 2 aromatic carbocycles. The molecule has 4 aromatic rings. The molecule has 2 aliphatic rings. The standard InChI is InChI=1S/C30H32N8O3/c1-30(2,19-32-35-31)41-29(40)37-18-21-16-23(14-15-25(21)33-37)38(22-12-13-22)28(39)27-24-10-6-7-11-26(24)36(34-27)17-20-8-4-3-5-9-20/h3-11,18,22-23H,12-17,19H2,1-2H3. The number of hydrogen-bond acceptors (Lipinski definition) is 6. The first-order valence-electron chi connectivity index (χ1n) is 14.0. The molecule has 1 atom stereocenters. The van der Waals surface area contributed by atoms with Gasteiger partial charge in [0.2, 0.25) is 0 Å². The summed E-state index contributed by atoms with van der Waals surface area (Å²) in [7, 11) is 0. The van der Waals surface area contributed by atoms with Crippen LogP contribution in [0.1, 0.15) is 60.4 Å². The van der Waals surface area contributed by atoms with Gasteiger partial charge in [-0.1, -0.05) is 53.6 Å². The highest BCUT2D eigenvalue weighted by Crippen LogP contribution is 2.35. The molecule has 11 nitrogen and oxygen atoms in total. The highest BCUT2D eigenvalue weighted by atomic mass is 16.6. The van der Waals surface area contributed by atoms with E-state index in [-0.39, 0.29) is 24.5 Å². The van der Waals surface area contributed by atoms with Crippen LogP contribution in [0.25, 0.3) is 21.3 Å². The number of para-hydroxylation sites is 1. The number of aromatic nitrogens is 4. The number of fused-ring (bicyclic) bond motifs is 2. The quantitative estimate of drug-likeness (QED) is 0.161. The second-order valence-electron chi connectivity index (χ2n) is 11.4. The van der Waals surface area contributed by atoms with Crippen LogP contribution in [0.4, 0.5) is 4.79 Å². The maximum absolute atomic E-state index is 14.2. The van der Waals surface area contributed by atoms with Crippen molar-refractivity contribution in [3.05, 3.63) is 93.8 Å². The van der Waals surface area contributed by atoms with Crippen LogP contribution in [0.5, 0.6) is 0 Å². The largest absolute Gasteiger partial charge is 0.442 e. The number of carbonyl (C=O) groups excluding carboxylic acids is 2. The van der Waals surface area contributed by atoms with E-state index in [2.05, 4.69) is 27.3 Å². The molecule has 210 valence electrons. The average Bonchev–Trinajstić information content (AvgIpc) is 3.59. The van der Waals surface area contributed by atoms with Crippen LogP contribution < -0.4 is 0 Å². The molecule has 1 amide bonds. The van der Waals surface area contributed by atoms with Crippen molar-refractivity contribution in [1.29, 1.82) is 0 Å². The molecule has 11 heteroatoms. The second-order valence-corrected chi connectivity index (χ2v) is 11.4. The zero-order valence-corrected chi connectivity index (χ0v) is 23.2. The summed E-state index contributed by atoms with van der Waals surface area (Å²) in [4.78, 5) is 31.8. The summed E-state index contributed by atoms with van der Waals surface area (Å²) >= 11 is 0. The van der Waals surface area contributed by atoms with Gasteiger partial charge in [0.15, 0.2) is 5.69 Å². The third-order valence-electron chi connectivity index (χ3n) is 7.72. The molecule has 6 rings (SSSR count). The van der Waals surface area contributed by atoms with E-state index in [0.29, 0.717) is 25.1 Å². The van der Waals surface area contributed by atoms with Gasteiger partial charge in [-0.2, -0.15) is 14.9 Å². The fourth-order valence-electron chi connectivity index (χ4n) is 5.60. The van der Waals surface area contributed by atoms with Crippen LogP contribution >= 0.6 is 0 Å². The normalized spacial score (nSPS) is 16.6. The summed E-state index contributed by atoms with van der Waals surface area (Å²) in [5.74, 6) is -0.0458. The average molecular weight is 553 g/mol. The summed E-state index contributed by atoms with van der Waals surface area (Å²) in [6, 6.07) is 18.2. The Kier molecular flexibility index (Phi) is 6.96. The van der Waals surface area contributed by atoms with E-state index in [4.69, 9.17) is 15.4 Å². The lowest BCUT2D eigenvalue weighted by Gasteiger charge is -2.34. The van der Waals surface area contributed by atoms with Crippen LogP contribution in [0.3, 0.4) is 0 Å². The first-order valence-corrected chi connectivity index (χ1v) is 14.0. The molecule has 1 fully saturated rings. The zero-order valence-electron chi connectivity index (χ0n) is 23.2. The minimum atomic E-state index is -0.958. The molecular weight excluding hydrogens is 520 g/mol. The Morgan fingerprint density at radius 2 is 1.83 bits per heavy atom. The molecule has 1 unspecified atom stereocenters. The molecule has 2 aromatic heterocycles. The minimum Gasteiger partial charge on any atom is -0.442 e. The molecular formula is C30H32N8O3. The first kappa shape index (κ1) is 26.6. The molecule has 0 N–H and O–H groups in total. The van der Waals surface area contributed by atoms with Gasteiger partial charge in [0.25, 0.3) is 5.91 Å². The number of carbonyl (C=O) groups is 2. The topological polar surface area (TPSA) is 131 Å². The number of azide groups is 1. The molecule has 2 heterocycles. The summed E-state index contributed by atoms with van der Waals surface area (Å²) in [5, 5.41) is 13.7. The Hall–Kier alpha value is -4.63. The van der Waals surface area contributed by atoms with Crippen molar-refractivity contribution in [2.24, 2.45) is 5.11 Å². The van der Waals surface area contributed by atoms with Crippen LogP contribution in [-0.4, -0.2) is 60.7 Å². The number of ether oxygens (including phenoxy) is 1. The van der Waals surface area contributed by atoms with E-state index in [9.17, 15) is 9.59 Å². The molecule has 0 aliphatic heterocycles. The van der Waals surface area contributed by atoms with E-state index >= 15 is 0 Å². The Balaban J connectivity index is 1.24. The van der Waals surface area contributed by atoms with E-state index in [1.165, 1.54) is 4.68 Å². The Morgan fingerprint density at radius 1 is 1.07 bits per heavy atom. The summed E-state index contributed by atoms with van der Waals surface area (Å²) < 4.78 is 8.66. The van der Waals surface area contributed by atoms with Crippen molar-refractivity contribution in [3.8, 4) is 0 Å². The van der Waals surface area contributed by atoms with Gasteiger partial charge < -0.3 is 9.64 Å². The lowest BCUT2D eigenvalue weighted by molar-refractivity contribution is 0.0441. The van der Waals surface area contributed by atoms with Crippen LogP contribution in [-0.2, 0) is 24.1 Å². The van der Waals surface area contributed by atoms with Gasteiger partial charge in [-0.15, -0.1) is 0 Å². The molecule has 1 saturated carbocycles. The van der Waals surface area contributed by atoms with Crippen LogP contribution in [0, 0.1) is 0 Å². The van der Waals surface area contributed by atoms with E-state index in [0.717, 1.165) is 47.0 Å². The van der Waals surface area contributed by atoms with E-state index in [1.54, 1.807) is 20.0 Å². The molecule has 41 heavy (non-hydrogen) atoms. The molecule has 0 spiro atoms. The predicted octanol–water partition coefficient (Wildman–Crippen LogP) is 5.52. The van der Waals surface area contributed by atoms with E-state index in [1.807, 2.05) is 52.0 Å². The van der Waals surface area contributed by atoms with Crippen molar-refractivity contribution in [2.75, 3.05) is 6.54 Å². The minimum absolute atomic E-state index is 0.0180. The maximum Gasteiger partial charge on any atom is 0.435 e. The van der Waals surface area contributed by atoms with Crippen LogP contribution in [0.15, 0.2) is 65.9 Å². The van der Waals surface area contributed by atoms with Gasteiger partial charge in [0, 0.05) is 28.6 Å².